The van der Waals surface area contributed by atoms with Gasteiger partial charge in [-0.15, -0.1) is 0 Å². The molecule has 88 heavy (non-hydrogen) atoms. The summed E-state index contributed by atoms with van der Waals surface area (Å²) in [5, 5.41) is 51.9. The second kappa shape index (κ2) is 37.9. The van der Waals surface area contributed by atoms with Gasteiger partial charge in [0.15, 0.2) is 18.6 Å². The number of aliphatic hydroxyl groups is 2. The fraction of sp³-hybridized carbons (Fsp3) is 0.271. The van der Waals surface area contributed by atoms with Crippen molar-refractivity contribution in [3.8, 4) is 12.1 Å². The van der Waals surface area contributed by atoms with Crippen LogP contribution in [0.5, 0.6) is 0 Å². The van der Waals surface area contributed by atoms with Crippen molar-refractivity contribution in [2.24, 2.45) is 11.8 Å². The maximum absolute atomic E-state index is 13.3. The van der Waals surface area contributed by atoms with E-state index in [-0.39, 0.29) is 23.6 Å². The lowest BCUT2D eigenvalue weighted by molar-refractivity contribution is -0.137. The molecule has 2 fully saturated rings. The van der Waals surface area contributed by atoms with E-state index in [0.717, 1.165) is 50.5 Å². The lowest BCUT2D eigenvalue weighted by Gasteiger charge is -2.34. The molecule has 27 nitrogen and oxygen atoms in total. The molecule has 2 aromatic carbocycles. The fourth-order valence-electron chi connectivity index (χ4n) is 7.85. The minimum absolute atomic E-state index is 0.122. The number of oxazole rings is 6. The van der Waals surface area contributed by atoms with Gasteiger partial charge in [-0.05, 0) is 80.8 Å². The summed E-state index contributed by atoms with van der Waals surface area (Å²) in [7, 11) is 0. The monoisotopic (exact) mass is 1210 g/mol. The van der Waals surface area contributed by atoms with Gasteiger partial charge < -0.3 is 67.0 Å². The first-order chi connectivity index (χ1) is 42.7. The van der Waals surface area contributed by atoms with E-state index in [2.05, 4.69) is 65.1 Å². The number of esters is 1. The van der Waals surface area contributed by atoms with E-state index in [1.54, 1.807) is 25.3 Å². The number of nitrogens with zero attached hydrogens (tertiary/aromatic N) is 10. The Kier molecular flexibility index (Phi) is 29.1. The number of nitrogens with one attached hydrogen (secondary N) is 2. The van der Waals surface area contributed by atoms with Crippen LogP contribution in [0.2, 0.25) is 0 Å². The predicted octanol–water partition coefficient (Wildman–Crippen LogP) is 7.03. The number of carboxylic acid groups (broad SMARTS) is 1. The molecular formula is C59H60F2N12O15. The number of hydrogen-bond acceptors (Lipinski definition) is 24. The zero-order chi connectivity index (χ0) is 63.3. The minimum atomic E-state index is -1.67. The molecule has 6 aromatic heterocycles. The van der Waals surface area contributed by atoms with Gasteiger partial charge in [-0.1, -0.05) is 0 Å². The second-order valence-electron chi connectivity index (χ2n) is 18.0. The molecule has 0 spiro atoms. The number of amides is 2. The molecule has 0 bridgehead atoms. The Labute approximate surface area is 500 Å². The molecule has 8 aromatic rings. The molecule has 460 valence electrons. The number of carbonyl (C=O) groups excluding carboxylic acids is 4. The first kappa shape index (κ1) is 67.6. The number of aliphatic carboxylic acids is 1. The predicted molar refractivity (Wildman–Crippen MR) is 305 cm³/mol. The highest BCUT2D eigenvalue weighted by Gasteiger charge is 2.30. The number of rotatable bonds is 17. The highest BCUT2D eigenvalue weighted by molar-refractivity contribution is 5.91. The summed E-state index contributed by atoms with van der Waals surface area (Å²) in [5.41, 5.74) is 2.13. The van der Waals surface area contributed by atoms with Gasteiger partial charge in [0.05, 0.1) is 66.3 Å². The van der Waals surface area contributed by atoms with Crippen LogP contribution in [-0.4, -0.2) is 127 Å². The molecule has 29 heteroatoms. The number of benzene rings is 2. The van der Waals surface area contributed by atoms with Crippen molar-refractivity contribution in [1.29, 1.82) is 10.5 Å². The van der Waals surface area contributed by atoms with E-state index < -0.39 is 41.7 Å². The topological polar surface area (TPSA) is 390 Å². The van der Waals surface area contributed by atoms with E-state index in [1.165, 1.54) is 130 Å². The minimum Gasteiger partial charge on any atom is -0.478 e. The Bertz CT molecular complexity index is 3440. The van der Waals surface area contributed by atoms with Gasteiger partial charge in [-0.3, -0.25) is 14.4 Å². The third-order valence-electron chi connectivity index (χ3n) is 12.1. The van der Waals surface area contributed by atoms with Gasteiger partial charge in [-0.25, -0.2) is 48.3 Å². The molecule has 2 atom stereocenters. The van der Waals surface area contributed by atoms with Gasteiger partial charge >= 0.3 is 11.9 Å². The zero-order valence-corrected chi connectivity index (χ0v) is 47.1. The molecule has 0 radical (unpaired) electrons. The molecule has 2 aliphatic heterocycles. The number of carbonyl (C=O) groups is 5. The first-order valence-electron chi connectivity index (χ1n) is 26.7. The number of anilines is 2. The van der Waals surface area contributed by atoms with E-state index in [0.29, 0.717) is 79.5 Å². The number of carboxylic acids is 1. The summed E-state index contributed by atoms with van der Waals surface area (Å²) < 4.78 is 59.7. The van der Waals surface area contributed by atoms with Gasteiger partial charge in [0.1, 0.15) is 61.4 Å². The summed E-state index contributed by atoms with van der Waals surface area (Å²) in [6.07, 6.45) is 27.1. The van der Waals surface area contributed by atoms with Crippen LogP contribution in [0.4, 0.5) is 20.2 Å². The van der Waals surface area contributed by atoms with Crippen molar-refractivity contribution in [2.75, 3.05) is 55.7 Å². The summed E-state index contributed by atoms with van der Waals surface area (Å²) in [4.78, 5) is 80.6. The van der Waals surface area contributed by atoms with Gasteiger partial charge in [0, 0.05) is 75.7 Å². The van der Waals surface area contributed by atoms with E-state index >= 15 is 0 Å². The highest BCUT2D eigenvalue weighted by Crippen LogP contribution is 2.28. The lowest BCUT2D eigenvalue weighted by Crippen LogP contribution is -2.43. The van der Waals surface area contributed by atoms with E-state index in [1.807, 2.05) is 11.0 Å². The summed E-state index contributed by atoms with van der Waals surface area (Å²) in [6, 6.07) is 12.5. The first-order valence-corrected chi connectivity index (χ1v) is 26.7. The SMILES string of the molecule is CCOC(=O)C=Cc1ncco1.N#Cc1cc(F)ccc1N1CCC(CNC(=O)/C=C/c2ncco2)CC1.N#Cc1cc(F)ccc1N1CCC(CNC(=O)[C@H](O)[C@@H](O)c2ncco2)CC1.O=C(O)/C=C/c1ncco1.O=Cc1ncco1.c1cocn1. The molecule has 2 aliphatic rings. The summed E-state index contributed by atoms with van der Waals surface area (Å²) >= 11 is 0. The van der Waals surface area contributed by atoms with Gasteiger partial charge in [-0.2, -0.15) is 10.5 Å². The third-order valence-corrected chi connectivity index (χ3v) is 12.1. The number of nitriles is 2. The molecule has 0 saturated carbocycles. The van der Waals surface area contributed by atoms with Crippen molar-refractivity contribution >= 4 is 59.6 Å². The molecule has 2 amide bonds. The average molecular weight is 1220 g/mol. The Hall–Kier alpha value is -11.2. The Morgan fingerprint density at radius 2 is 1.12 bits per heavy atom. The number of aliphatic hydroxyl groups excluding tert-OH is 2. The summed E-state index contributed by atoms with van der Waals surface area (Å²) in [6.45, 7) is 5.95. The smallest absolute Gasteiger partial charge is 0.330 e. The Morgan fingerprint density at radius 3 is 1.51 bits per heavy atom. The van der Waals surface area contributed by atoms with Gasteiger partial charge in [0.25, 0.3) is 11.8 Å². The van der Waals surface area contributed by atoms with Crippen molar-refractivity contribution in [3.05, 3.63) is 188 Å². The number of ether oxygens (including phenoxy) is 1. The average Bonchev–Trinajstić information content (AvgIpc) is 4.38. The Morgan fingerprint density at radius 1 is 0.659 bits per heavy atom. The third kappa shape index (κ3) is 24.6. The van der Waals surface area contributed by atoms with Crippen LogP contribution in [0.3, 0.4) is 0 Å². The number of aldehydes is 1. The maximum Gasteiger partial charge on any atom is 0.330 e. The molecular weight excluding hydrogens is 1150 g/mol. The number of piperidine rings is 2. The van der Waals surface area contributed by atoms with Crippen molar-refractivity contribution < 1.29 is 79.3 Å². The van der Waals surface area contributed by atoms with Crippen LogP contribution in [0.15, 0.2) is 162 Å². The highest BCUT2D eigenvalue weighted by atomic mass is 19.1. The molecule has 8 heterocycles. The van der Waals surface area contributed by atoms with Crippen molar-refractivity contribution in [2.45, 2.75) is 44.8 Å². The largest absolute Gasteiger partial charge is 0.478 e. The van der Waals surface area contributed by atoms with Crippen LogP contribution in [0.1, 0.15) is 84.1 Å². The van der Waals surface area contributed by atoms with Gasteiger partial charge in [0.2, 0.25) is 35.8 Å². The van der Waals surface area contributed by atoms with Crippen LogP contribution in [-0.2, 0) is 23.9 Å². The van der Waals surface area contributed by atoms with E-state index in [4.69, 9.17) is 22.8 Å². The summed E-state index contributed by atoms with van der Waals surface area (Å²) in [5.74, 6) is -1.49. The second-order valence-corrected chi connectivity index (χ2v) is 18.0. The molecule has 0 aliphatic carbocycles. The zero-order valence-electron chi connectivity index (χ0n) is 47.1. The Balaban J connectivity index is 0.000000212. The quantitative estimate of drug-likeness (QED) is 0.0347. The van der Waals surface area contributed by atoms with E-state index in [9.17, 15) is 53.5 Å². The molecule has 2 saturated heterocycles. The van der Waals surface area contributed by atoms with Crippen molar-refractivity contribution in [3.63, 3.8) is 0 Å². The lowest BCUT2D eigenvalue weighted by atomic mass is 9.95. The van der Waals surface area contributed by atoms with Crippen molar-refractivity contribution in [1.82, 2.24) is 40.5 Å². The number of aromatic nitrogens is 6. The van der Waals surface area contributed by atoms with Crippen LogP contribution in [0.25, 0.3) is 18.2 Å². The number of halogens is 2. The molecule has 5 N–H and O–H groups in total. The van der Waals surface area contributed by atoms with Crippen LogP contribution in [0, 0.1) is 46.1 Å². The molecule has 10 rings (SSSR count). The fourth-order valence-corrected chi connectivity index (χ4v) is 7.85. The molecule has 0 unspecified atom stereocenters. The van der Waals surface area contributed by atoms with Crippen LogP contribution < -0.4 is 20.4 Å². The normalized spacial score (nSPS) is 13.6. The standard InChI is InChI=1S/C19H21FN4O4.C19H19FN4O2.C8H9NO3.C6H5NO3.C4H3NO2.C3H3NO/c20-14-1-2-15(13(9-14)10-21)24-6-3-12(4-7-24)11-23-18(27)16(25)17(26)19-22-5-8-28-19;20-16-1-2-17(15(11-16)12-21)24-8-5-14(6-9-24)13-23-18(25)3-4-19-22-7-10-26-19;1-2-11-8(10)4-3-7-9-5-6-12-7;8-6(9)2-1-5-7-3-4-10-5;6-3-4-5-1-2-7-4;1-2-5-3-4-1/h1-2,5,8-9,12,16-17,25-26H,3-4,6-7,11H2,(H,23,27);1-4,7,10-11,14H,5-6,8-9,13H2,(H,23,25);3-6H,2H2,1H3;1-4H,(H,8,9);1-3H;1-3H/b;4-3+;;2-1+;;/t16-,17-;;;;;/m1...../s1. The maximum atomic E-state index is 13.3. The van der Waals surface area contributed by atoms with Crippen LogP contribution >= 0.6 is 0 Å². The number of hydrogen-bond donors (Lipinski definition) is 5.